The van der Waals surface area contributed by atoms with Crippen LogP contribution in [-0.4, -0.2) is 21.8 Å². The first kappa shape index (κ1) is 15.7. The minimum absolute atomic E-state index is 0.0733. The molecular weight excluding hydrogens is 286 g/mol. The van der Waals surface area contributed by atoms with Gasteiger partial charge in [-0.2, -0.15) is 0 Å². The highest BCUT2D eigenvalue weighted by Gasteiger charge is 2.33. The van der Waals surface area contributed by atoms with Gasteiger partial charge < -0.3 is 10.6 Å². The molecule has 2 aromatic rings. The van der Waals surface area contributed by atoms with Gasteiger partial charge in [-0.3, -0.25) is 9.78 Å². The highest BCUT2D eigenvalue weighted by Crippen LogP contribution is 2.30. The Bertz CT molecular complexity index is 677. The Morgan fingerprint density at radius 2 is 1.91 bits per heavy atom. The summed E-state index contributed by atoms with van der Waals surface area (Å²) in [4.78, 5) is 19.0. The van der Waals surface area contributed by atoms with Crippen molar-refractivity contribution in [3.05, 3.63) is 65.0 Å². The zero-order valence-corrected chi connectivity index (χ0v) is 13.5. The molecule has 0 radical (unpaired) electrons. The molecule has 4 nitrogen and oxygen atoms in total. The lowest BCUT2D eigenvalue weighted by Gasteiger charge is -2.23. The van der Waals surface area contributed by atoms with Gasteiger partial charge in [-0.1, -0.05) is 31.2 Å². The third kappa shape index (κ3) is 3.77. The molecule has 1 aliphatic carbocycles. The maximum absolute atomic E-state index is 12.9. The summed E-state index contributed by atoms with van der Waals surface area (Å²) in [6, 6.07) is 12.5. The minimum Gasteiger partial charge on any atom is -0.331 e. The van der Waals surface area contributed by atoms with E-state index in [1.165, 1.54) is 11.1 Å². The zero-order chi connectivity index (χ0) is 16.2. The summed E-state index contributed by atoms with van der Waals surface area (Å²) >= 11 is 0. The molecule has 4 heteroatoms. The van der Waals surface area contributed by atoms with Crippen molar-refractivity contribution in [1.29, 1.82) is 0 Å². The van der Waals surface area contributed by atoms with Crippen LogP contribution in [0.5, 0.6) is 0 Å². The Balaban J connectivity index is 1.78. The molecule has 1 heterocycles. The molecular formula is C19H23N3O. The fourth-order valence-corrected chi connectivity index (χ4v) is 2.72. The molecule has 1 fully saturated rings. The van der Waals surface area contributed by atoms with Crippen molar-refractivity contribution in [2.24, 2.45) is 5.73 Å². The molecule has 0 saturated heterocycles. The van der Waals surface area contributed by atoms with Crippen molar-refractivity contribution in [1.82, 2.24) is 9.88 Å². The number of hydrogen-bond donors (Lipinski definition) is 1. The number of benzene rings is 1. The Morgan fingerprint density at radius 3 is 2.52 bits per heavy atom. The smallest absolute Gasteiger partial charge is 0.254 e. The number of carbonyl (C=O) groups is 1. The number of nitrogens with two attached hydrogens (primary N) is 1. The zero-order valence-electron chi connectivity index (χ0n) is 13.5. The van der Waals surface area contributed by atoms with E-state index in [1.54, 1.807) is 18.3 Å². The molecule has 0 aliphatic heterocycles. The topological polar surface area (TPSA) is 59.2 Å². The molecule has 2 N–H and O–H groups in total. The second-order valence-electron chi connectivity index (χ2n) is 6.07. The number of carbonyl (C=O) groups excluding carboxylic acids is 1. The van der Waals surface area contributed by atoms with Crippen molar-refractivity contribution in [3.8, 4) is 0 Å². The SMILES string of the molecule is CCc1ccc(CN(C(=O)c2ccnc(CN)c2)C2CC2)cc1. The van der Waals surface area contributed by atoms with Gasteiger partial charge >= 0.3 is 0 Å². The number of rotatable bonds is 6. The lowest BCUT2D eigenvalue weighted by atomic mass is 10.1. The van der Waals surface area contributed by atoms with Crippen LogP contribution in [0, 0.1) is 0 Å². The van der Waals surface area contributed by atoms with Gasteiger partial charge in [0, 0.05) is 30.9 Å². The van der Waals surface area contributed by atoms with Crippen LogP contribution in [0.15, 0.2) is 42.6 Å². The fourth-order valence-electron chi connectivity index (χ4n) is 2.72. The van der Waals surface area contributed by atoms with Gasteiger partial charge in [0.2, 0.25) is 0 Å². The van der Waals surface area contributed by atoms with Gasteiger partial charge in [0.05, 0.1) is 5.69 Å². The molecule has 0 atom stereocenters. The van der Waals surface area contributed by atoms with Crippen LogP contribution in [0.1, 0.15) is 46.9 Å². The number of hydrogen-bond acceptors (Lipinski definition) is 3. The largest absolute Gasteiger partial charge is 0.331 e. The molecule has 1 aliphatic rings. The summed E-state index contributed by atoms with van der Waals surface area (Å²) in [6.07, 6.45) is 4.88. The van der Waals surface area contributed by atoms with E-state index in [1.807, 2.05) is 4.90 Å². The summed E-state index contributed by atoms with van der Waals surface area (Å²) in [6.45, 7) is 3.16. The van der Waals surface area contributed by atoms with E-state index in [2.05, 4.69) is 36.2 Å². The second kappa shape index (κ2) is 6.92. The van der Waals surface area contributed by atoms with Gasteiger partial charge in [0.15, 0.2) is 0 Å². The summed E-state index contributed by atoms with van der Waals surface area (Å²) in [5.41, 5.74) is 9.55. The Morgan fingerprint density at radius 1 is 1.22 bits per heavy atom. The average Bonchev–Trinajstić information content (AvgIpc) is 3.44. The molecule has 3 rings (SSSR count). The van der Waals surface area contributed by atoms with Crippen molar-refractivity contribution in [3.63, 3.8) is 0 Å². The number of aryl methyl sites for hydroxylation is 1. The van der Waals surface area contributed by atoms with Crippen molar-refractivity contribution in [2.45, 2.75) is 45.3 Å². The molecule has 0 bridgehead atoms. The van der Waals surface area contributed by atoms with Crippen LogP contribution in [0.25, 0.3) is 0 Å². The monoisotopic (exact) mass is 309 g/mol. The van der Waals surface area contributed by atoms with Crippen LogP contribution < -0.4 is 5.73 Å². The fraction of sp³-hybridized carbons (Fsp3) is 0.368. The predicted octanol–water partition coefficient (Wildman–Crippen LogP) is 2.91. The third-order valence-electron chi connectivity index (χ3n) is 4.31. The minimum atomic E-state index is 0.0733. The van der Waals surface area contributed by atoms with Crippen LogP contribution >= 0.6 is 0 Å². The molecule has 1 saturated carbocycles. The average molecular weight is 309 g/mol. The van der Waals surface area contributed by atoms with Gasteiger partial charge in [-0.05, 0) is 42.5 Å². The van der Waals surface area contributed by atoms with Gasteiger partial charge in [-0.25, -0.2) is 0 Å². The molecule has 0 spiro atoms. The maximum Gasteiger partial charge on any atom is 0.254 e. The quantitative estimate of drug-likeness (QED) is 0.892. The molecule has 1 amide bonds. The van der Waals surface area contributed by atoms with Crippen molar-refractivity contribution < 1.29 is 4.79 Å². The summed E-state index contributed by atoms with van der Waals surface area (Å²) in [7, 11) is 0. The van der Waals surface area contributed by atoms with E-state index in [9.17, 15) is 4.79 Å². The van der Waals surface area contributed by atoms with E-state index in [0.29, 0.717) is 24.7 Å². The van der Waals surface area contributed by atoms with Crippen molar-refractivity contribution in [2.75, 3.05) is 0 Å². The predicted molar refractivity (Wildman–Crippen MR) is 90.8 cm³/mol. The number of nitrogens with zero attached hydrogens (tertiary/aromatic N) is 2. The first-order chi connectivity index (χ1) is 11.2. The summed E-state index contributed by atoms with van der Waals surface area (Å²) < 4.78 is 0. The highest BCUT2D eigenvalue weighted by atomic mass is 16.2. The first-order valence-corrected chi connectivity index (χ1v) is 8.25. The molecule has 120 valence electrons. The van der Waals surface area contributed by atoms with Gasteiger partial charge in [0.1, 0.15) is 0 Å². The van der Waals surface area contributed by atoms with Gasteiger partial charge in [0.25, 0.3) is 5.91 Å². The Labute approximate surface area is 137 Å². The van der Waals surface area contributed by atoms with E-state index in [-0.39, 0.29) is 5.91 Å². The van der Waals surface area contributed by atoms with E-state index >= 15 is 0 Å². The second-order valence-corrected chi connectivity index (χ2v) is 6.07. The maximum atomic E-state index is 12.9. The number of amides is 1. The van der Waals surface area contributed by atoms with Crippen molar-refractivity contribution >= 4 is 5.91 Å². The lowest BCUT2D eigenvalue weighted by Crippen LogP contribution is -2.32. The summed E-state index contributed by atoms with van der Waals surface area (Å²) in [5, 5.41) is 0. The lowest BCUT2D eigenvalue weighted by molar-refractivity contribution is 0.0729. The van der Waals surface area contributed by atoms with Crippen LogP contribution in [0.3, 0.4) is 0 Å². The van der Waals surface area contributed by atoms with E-state index < -0.39 is 0 Å². The first-order valence-electron chi connectivity index (χ1n) is 8.25. The van der Waals surface area contributed by atoms with E-state index in [4.69, 9.17) is 5.73 Å². The summed E-state index contributed by atoms with van der Waals surface area (Å²) in [5.74, 6) is 0.0733. The van der Waals surface area contributed by atoms with Crippen LogP contribution in [0.2, 0.25) is 0 Å². The standard InChI is InChI=1S/C19H23N3O/c1-2-14-3-5-15(6-4-14)13-22(18-7-8-18)19(23)16-9-10-21-17(11-16)12-20/h3-6,9-11,18H,2,7-8,12-13,20H2,1H3. The normalized spacial score (nSPS) is 13.8. The molecule has 1 aromatic carbocycles. The van der Waals surface area contributed by atoms with Crippen LogP contribution in [0.4, 0.5) is 0 Å². The molecule has 23 heavy (non-hydrogen) atoms. The number of aromatic nitrogens is 1. The molecule has 1 aromatic heterocycles. The van der Waals surface area contributed by atoms with Gasteiger partial charge in [-0.15, -0.1) is 0 Å². The number of pyridine rings is 1. The Kier molecular flexibility index (Phi) is 4.72. The Hall–Kier alpha value is -2.20. The highest BCUT2D eigenvalue weighted by molar-refractivity contribution is 5.94. The third-order valence-corrected chi connectivity index (χ3v) is 4.31. The molecule has 0 unspecified atom stereocenters. The van der Waals surface area contributed by atoms with E-state index in [0.717, 1.165) is 25.0 Å². The van der Waals surface area contributed by atoms with Crippen LogP contribution in [-0.2, 0) is 19.5 Å².